The molecule has 1 aliphatic rings. The zero-order valence-electron chi connectivity index (χ0n) is 23.6. The van der Waals surface area contributed by atoms with Crippen molar-refractivity contribution in [3.63, 3.8) is 0 Å². The number of nitrogens with two attached hydrogens (primary N) is 1. The lowest BCUT2D eigenvalue weighted by Crippen LogP contribution is -2.40. The smallest absolute Gasteiger partial charge is 0.460 e. The van der Waals surface area contributed by atoms with Crippen LogP contribution in [-0.4, -0.2) is 70.2 Å². The molecule has 3 rings (SSSR count). The van der Waals surface area contributed by atoms with Gasteiger partial charge in [-0.25, -0.2) is 22.0 Å². The molecule has 0 aromatic heterocycles. The Bertz CT molecular complexity index is 1440. The van der Waals surface area contributed by atoms with E-state index in [0.717, 1.165) is 17.0 Å². The van der Waals surface area contributed by atoms with Crippen LogP contribution in [0.1, 0.15) is 40.0 Å². The SMILES string of the molecule is CC(C)(C)OC(=O)C1CCN(CC[C@H](CSc2ccccc2)Nc2ccc(S(N)(=O)=O)cc2S(=O)(=O)C(F)(F)F)CC1. The number of rotatable bonds is 11. The largest absolute Gasteiger partial charge is 0.501 e. The van der Waals surface area contributed by atoms with Gasteiger partial charge in [0.25, 0.3) is 9.84 Å². The number of alkyl halides is 3. The van der Waals surface area contributed by atoms with Gasteiger partial charge in [-0.05, 0) is 83.5 Å². The van der Waals surface area contributed by atoms with E-state index in [1.54, 1.807) is 0 Å². The minimum Gasteiger partial charge on any atom is -0.460 e. The predicted octanol–water partition coefficient (Wildman–Crippen LogP) is 4.64. The molecule has 1 heterocycles. The molecular formula is C27H36F3N3O6S3. The maximum atomic E-state index is 13.6. The number of ether oxygens (including phenoxy) is 1. The number of hydrogen-bond acceptors (Lipinski definition) is 9. The molecule has 2 aromatic rings. The number of anilines is 1. The average molecular weight is 652 g/mol. The lowest BCUT2D eigenvalue weighted by Gasteiger charge is -2.33. The monoisotopic (exact) mass is 651 g/mol. The number of hydrogen-bond donors (Lipinski definition) is 2. The Morgan fingerprint density at radius 3 is 2.24 bits per heavy atom. The van der Waals surface area contributed by atoms with Gasteiger partial charge in [0.1, 0.15) is 10.5 Å². The number of piperidine rings is 1. The number of sulfone groups is 1. The number of carbonyl (C=O) groups is 1. The number of primary sulfonamides is 1. The summed E-state index contributed by atoms with van der Waals surface area (Å²) in [5.41, 5.74) is -6.61. The zero-order valence-corrected chi connectivity index (χ0v) is 26.0. The van der Waals surface area contributed by atoms with Crippen LogP contribution in [0.3, 0.4) is 0 Å². The number of nitrogens with one attached hydrogen (secondary N) is 1. The molecule has 0 amide bonds. The molecule has 234 valence electrons. The third kappa shape index (κ3) is 9.59. The lowest BCUT2D eigenvalue weighted by atomic mass is 9.96. The summed E-state index contributed by atoms with van der Waals surface area (Å²) in [5.74, 6) is -0.0707. The normalized spacial score (nSPS) is 16.6. The summed E-state index contributed by atoms with van der Waals surface area (Å²) in [5, 5.41) is 8.00. The van der Waals surface area contributed by atoms with Gasteiger partial charge in [0.05, 0.1) is 16.5 Å². The van der Waals surface area contributed by atoms with E-state index in [1.807, 2.05) is 51.1 Å². The molecule has 42 heavy (non-hydrogen) atoms. The van der Waals surface area contributed by atoms with Gasteiger partial charge in [-0.2, -0.15) is 13.2 Å². The second-order valence-corrected chi connectivity index (χ2v) is 15.6. The van der Waals surface area contributed by atoms with E-state index in [0.29, 0.717) is 50.7 Å². The van der Waals surface area contributed by atoms with Gasteiger partial charge in [0, 0.05) is 23.2 Å². The van der Waals surface area contributed by atoms with Crippen molar-refractivity contribution in [1.82, 2.24) is 4.90 Å². The summed E-state index contributed by atoms with van der Waals surface area (Å²) in [4.78, 5) is 13.5. The topological polar surface area (TPSA) is 136 Å². The number of benzene rings is 2. The van der Waals surface area contributed by atoms with Crippen molar-refractivity contribution in [2.75, 3.05) is 30.7 Å². The Morgan fingerprint density at radius 1 is 1.07 bits per heavy atom. The standard InChI is InChI=1S/C27H36F3N3O6S3/c1-26(2,3)39-25(34)19-11-14-33(15-12-19)16-13-20(18-40-21-7-5-4-6-8-21)32-23-10-9-22(42(31,37)38)17-24(23)41(35,36)27(28,29)30/h4-10,17,19-20,32H,11-16,18H2,1-3H3,(H2,31,37,38)/t20-/m1/s1. The van der Waals surface area contributed by atoms with Crippen molar-refractivity contribution in [2.45, 2.75) is 71.9 Å². The van der Waals surface area contributed by atoms with E-state index in [9.17, 15) is 34.8 Å². The average Bonchev–Trinajstić information content (AvgIpc) is 2.89. The quantitative estimate of drug-likeness (QED) is 0.263. The summed E-state index contributed by atoms with van der Waals surface area (Å²) in [6.07, 6.45) is 1.64. The van der Waals surface area contributed by atoms with Crippen molar-refractivity contribution >= 4 is 43.3 Å². The molecule has 0 bridgehead atoms. The Balaban J connectivity index is 1.80. The lowest BCUT2D eigenvalue weighted by molar-refractivity contribution is -0.161. The minimum atomic E-state index is -5.91. The minimum absolute atomic E-state index is 0.212. The first-order valence-electron chi connectivity index (χ1n) is 13.2. The number of halogens is 3. The van der Waals surface area contributed by atoms with E-state index < -0.39 is 46.8 Å². The number of esters is 1. The summed E-state index contributed by atoms with van der Waals surface area (Å²) in [6.45, 7) is 7.22. The molecule has 0 saturated carbocycles. The Labute approximate surface area is 249 Å². The molecule has 1 atom stereocenters. The summed E-state index contributed by atoms with van der Waals surface area (Å²) in [7, 11) is -10.4. The van der Waals surface area contributed by atoms with E-state index in [-0.39, 0.29) is 17.6 Å². The van der Waals surface area contributed by atoms with Crippen LogP contribution in [0.4, 0.5) is 18.9 Å². The van der Waals surface area contributed by atoms with Crippen LogP contribution in [-0.2, 0) is 29.4 Å². The van der Waals surface area contributed by atoms with Crippen LogP contribution in [0.5, 0.6) is 0 Å². The third-order valence-electron chi connectivity index (χ3n) is 6.55. The van der Waals surface area contributed by atoms with Crippen molar-refractivity contribution in [3.8, 4) is 0 Å². The van der Waals surface area contributed by atoms with Gasteiger partial charge < -0.3 is 15.0 Å². The second kappa shape index (κ2) is 13.5. The summed E-state index contributed by atoms with van der Waals surface area (Å²) < 4.78 is 94.7. The summed E-state index contributed by atoms with van der Waals surface area (Å²) >= 11 is 1.44. The molecule has 0 aliphatic carbocycles. The highest BCUT2D eigenvalue weighted by Crippen LogP contribution is 2.36. The maximum absolute atomic E-state index is 13.6. The fraction of sp³-hybridized carbons (Fsp3) is 0.519. The number of thioether (sulfide) groups is 1. The summed E-state index contributed by atoms with van der Waals surface area (Å²) in [6, 6.07) is 11.2. The molecule has 15 heteroatoms. The third-order valence-corrected chi connectivity index (χ3v) is 10.2. The van der Waals surface area contributed by atoms with E-state index in [4.69, 9.17) is 9.88 Å². The molecule has 1 saturated heterocycles. The first-order chi connectivity index (χ1) is 19.4. The number of carbonyl (C=O) groups excluding carboxylic acids is 1. The van der Waals surface area contributed by atoms with Gasteiger partial charge >= 0.3 is 11.5 Å². The van der Waals surface area contributed by atoms with Gasteiger partial charge in [-0.3, -0.25) is 4.79 Å². The van der Waals surface area contributed by atoms with Crippen molar-refractivity contribution < 1.29 is 39.5 Å². The Hall–Kier alpha value is -2.33. The second-order valence-electron chi connectivity index (χ2n) is 11.1. The molecule has 0 unspecified atom stereocenters. The van der Waals surface area contributed by atoms with Gasteiger partial charge in [-0.15, -0.1) is 11.8 Å². The predicted molar refractivity (Wildman–Crippen MR) is 155 cm³/mol. The van der Waals surface area contributed by atoms with Crippen molar-refractivity contribution in [3.05, 3.63) is 48.5 Å². The highest BCUT2D eigenvalue weighted by molar-refractivity contribution is 7.99. The van der Waals surface area contributed by atoms with E-state index in [1.165, 1.54) is 11.8 Å². The van der Waals surface area contributed by atoms with Crippen molar-refractivity contribution in [2.24, 2.45) is 11.1 Å². The van der Waals surface area contributed by atoms with Crippen LogP contribution in [0, 0.1) is 5.92 Å². The maximum Gasteiger partial charge on any atom is 0.501 e. The molecule has 3 N–H and O–H groups in total. The number of sulfonamides is 1. The van der Waals surface area contributed by atoms with E-state index in [2.05, 4.69) is 10.2 Å². The van der Waals surface area contributed by atoms with Gasteiger partial charge in [0.15, 0.2) is 0 Å². The van der Waals surface area contributed by atoms with Gasteiger partial charge in [-0.1, -0.05) is 18.2 Å². The van der Waals surface area contributed by atoms with Crippen molar-refractivity contribution in [1.29, 1.82) is 0 Å². The molecule has 2 aromatic carbocycles. The highest BCUT2D eigenvalue weighted by Gasteiger charge is 2.48. The van der Waals surface area contributed by atoms with Crippen LogP contribution in [0.25, 0.3) is 0 Å². The van der Waals surface area contributed by atoms with Crippen LogP contribution >= 0.6 is 11.8 Å². The fourth-order valence-corrected chi connectivity index (χ4v) is 6.95. The van der Waals surface area contributed by atoms with Crippen LogP contribution < -0.4 is 10.5 Å². The van der Waals surface area contributed by atoms with Crippen LogP contribution in [0.15, 0.2) is 63.2 Å². The Kier molecular flexibility index (Phi) is 11.0. The number of likely N-dealkylation sites (tertiary alicyclic amines) is 1. The van der Waals surface area contributed by atoms with Gasteiger partial charge in [0.2, 0.25) is 10.0 Å². The zero-order chi connectivity index (χ0) is 31.3. The Morgan fingerprint density at radius 2 is 1.69 bits per heavy atom. The molecule has 0 radical (unpaired) electrons. The fourth-order valence-electron chi connectivity index (χ4n) is 4.39. The molecular weight excluding hydrogens is 616 g/mol. The first kappa shape index (κ1) is 34.2. The molecule has 1 aliphatic heterocycles. The molecule has 1 fully saturated rings. The number of nitrogens with zero attached hydrogens (tertiary/aromatic N) is 1. The highest BCUT2D eigenvalue weighted by atomic mass is 32.2. The first-order valence-corrected chi connectivity index (χ1v) is 17.3. The van der Waals surface area contributed by atoms with E-state index >= 15 is 0 Å². The van der Waals surface area contributed by atoms with Crippen LogP contribution in [0.2, 0.25) is 0 Å². The molecule has 0 spiro atoms. The molecule has 9 nitrogen and oxygen atoms in total.